The summed E-state index contributed by atoms with van der Waals surface area (Å²) in [6.45, 7) is 1.61. The summed E-state index contributed by atoms with van der Waals surface area (Å²) in [6.07, 6.45) is 0.311. The van der Waals surface area contributed by atoms with E-state index in [0.717, 1.165) is 0 Å². The second-order valence-electron chi connectivity index (χ2n) is 5.93. The first kappa shape index (κ1) is 18.6. The molecule has 0 unspecified atom stereocenters. The van der Waals surface area contributed by atoms with Gasteiger partial charge in [0.2, 0.25) is 11.8 Å². The number of nitrogens with one attached hydrogen (secondary N) is 1. The van der Waals surface area contributed by atoms with Gasteiger partial charge in [-0.1, -0.05) is 0 Å². The molecule has 9 heteroatoms. The fourth-order valence-electron chi connectivity index (χ4n) is 2.51. The number of benzene rings is 1. The molecule has 2 aromatic rings. The molecule has 0 saturated carbocycles. The number of hydrogen-bond donors (Lipinski definition) is 2. The molecular formula is C18H18FN3O5. The molecule has 27 heavy (non-hydrogen) atoms. The number of amides is 2. The Bertz CT molecular complexity index is 843. The molecule has 3 rings (SSSR count). The maximum Gasteiger partial charge on any atom is 0.414 e. The van der Waals surface area contributed by atoms with Crippen LogP contribution in [0.5, 0.6) is 11.6 Å². The van der Waals surface area contributed by atoms with Crippen LogP contribution in [-0.4, -0.2) is 41.3 Å². The minimum Gasteiger partial charge on any atom is -0.442 e. The standard InChI is InChI=1S/C18H18FN3O5/c1-11(24)20-8-14-9-22(18(25)26-14)13-3-4-16(15(19)6-13)27-17-5-2-12(10-23)7-21-17/h2-7,14,23H,8-10H2,1H3,(H,20,24)/t14-/m0/s1. The van der Waals surface area contributed by atoms with Gasteiger partial charge < -0.3 is 19.9 Å². The lowest BCUT2D eigenvalue weighted by molar-refractivity contribution is -0.119. The normalized spacial score (nSPS) is 16.2. The average Bonchev–Trinajstić information content (AvgIpc) is 3.03. The second kappa shape index (κ2) is 8.00. The number of carbonyl (C=O) groups excluding carboxylic acids is 2. The fraction of sp³-hybridized carbons (Fsp3) is 0.278. The molecule has 2 heterocycles. The Morgan fingerprint density at radius 2 is 2.26 bits per heavy atom. The van der Waals surface area contributed by atoms with Crippen LogP contribution in [-0.2, 0) is 16.1 Å². The van der Waals surface area contributed by atoms with Crippen molar-refractivity contribution in [2.75, 3.05) is 18.0 Å². The zero-order chi connectivity index (χ0) is 19.4. The molecule has 1 fully saturated rings. The molecule has 1 saturated heterocycles. The lowest BCUT2D eigenvalue weighted by Gasteiger charge is -2.14. The predicted octanol–water partition coefficient (Wildman–Crippen LogP) is 1.97. The Morgan fingerprint density at radius 3 is 2.89 bits per heavy atom. The molecular weight excluding hydrogens is 357 g/mol. The molecule has 0 aliphatic carbocycles. The number of ether oxygens (including phenoxy) is 2. The monoisotopic (exact) mass is 375 g/mol. The van der Waals surface area contributed by atoms with Crippen LogP contribution in [0.15, 0.2) is 36.5 Å². The summed E-state index contributed by atoms with van der Waals surface area (Å²) in [5.41, 5.74) is 0.929. The smallest absolute Gasteiger partial charge is 0.414 e. The summed E-state index contributed by atoms with van der Waals surface area (Å²) in [5.74, 6) is -0.767. The number of aliphatic hydroxyl groups excluding tert-OH is 1. The minimum atomic E-state index is -0.668. The molecule has 142 valence electrons. The van der Waals surface area contributed by atoms with Crippen LogP contribution < -0.4 is 15.0 Å². The van der Waals surface area contributed by atoms with E-state index in [9.17, 15) is 14.0 Å². The zero-order valence-corrected chi connectivity index (χ0v) is 14.5. The predicted molar refractivity (Wildman–Crippen MR) is 92.9 cm³/mol. The van der Waals surface area contributed by atoms with Gasteiger partial charge >= 0.3 is 6.09 Å². The molecule has 0 radical (unpaired) electrons. The van der Waals surface area contributed by atoms with E-state index in [1.165, 1.54) is 42.3 Å². The van der Waals surface area contributed by atoms with Gasteiger partial charge in [0.1, 0.15) is 6.10 Å². The number of aliphatic hydroxyl groups is 1. The number of anilines is 1. The van der Waals surface area contributed by atoms with Crippen molar-refractivity contribution in [3.8, 4) is 11.6 Å². The number of hydrogen-bond acceptors (Lipinski definition) is 6. The first-order valence-corrected chi connectivity index (χ1v) is 8.22. The third-order valence-electron chi connectivity index (χ3n) is 3.87. The Hall–Kier alpha value is -3.20. The SMILES string of the molecule is CC(=O)NC[C@H]1CN(c2ccc(Oc3ccc(CO)cn3)c(F)c2)C(=O)O1. The molecule has 1 aliphatic heterocycles. The largest absolute Gasteiger partial charge is 0.442 e. The summed E-state index contributed by atoms with van der Waals surface area (Å²) in [5, 5.41) is 11.6. The first-order valence-electron chi connectivity index (χ1n) is 8.22. The van der Waals surface area contributed by atoms with Crippen molar-refractivity contribution in [3.63, 3.8) is 0 Å². The van der Waals surface area contributed by atoms with Crippen molar-refractivity contribution in [3.05, 3.63) is 47.9 Å². The van der Waals surface area contributed by atoms with Gasteiger partial charge in [-0.05, 0) is 23.8 Å². The molecule has 0 bridgehead atoms. The third kappa shape index (κ3) is 4.50. The number of halogens is 1. The van der Waals surface area contributed by atoms with Crippen LogP contribution in [0, 0.1) is 5.82 Å². The molecule has 1 aliphatic rings. The average molecular weight is 375 g/mol. The van der Waals surface area contributed by atoms with Gasteiger partial charge in [0.05, 0.1) is 25.4 Å². The lowest BCUT2D eigenvalue weighted by Crippen LogP contribution is -2.33. The Balaban J connectivity index is 1.68. The molecule has 2 N–H and O–H groups in total. The van der Waals surface area contributed by atoms with Crippen LogP contribution in [0.3, 0.4) is 0 Å². The van der Waals surface area contributed by atoms with Crippen molar-refractivity contribution in [1.82, 2.24) is 10.3 Å². The molecule has 8 nitrogen and oxygen atoms in total. The van der Waals surface area contributed by atoms with E-state index in [1.807, 2.05) is 0 Å². The highest BCUT2D eigenvalue weighted by atomic mass is 19.1. The summed E-state index contributed by atoms with van der Waals surface area (Å²) < 4.78 is 24.9. The highest BCUT2D eigenvalue weighted by Crippen LogP contribution is 2.29. The fourth-order valence-corrected chi connectivity index (χ4v) is 2.51. The number of carbonyl (C=O) groups is 2. The van der Waals surface area contributed by atoms with Gasteiger partial charge in [-0.2, -0.15) is 0 Å². The van der Waals surface area contributed by atoms with Crippen molar-refractivity contribution < 1.29 is 28.6 Å². The Morgan fingerprint density at radius 1 is 1.44 bits per heavy atom. The van der Waals surface area contributed by atoms with Crippen molar-refractivity contribution in [2.45, 2.75) is 19.6 Å². The van der Waals surface area contributed by atoms with Gasteiger partial charge in [-0.15, -0.1) is 0 Å². The Kier molecular flexibility index (Phi) is 5.51. The highest BCUT2D eigenvalue weighted by Gasteiger charge is 2.32. The van der Waals surface area contributed by atoms with Crippen molar-refractivity contribution in [2.24, 2.45) is 0 Å². The van der Waals surface area contributed by atoms with E-state index in [1.54, 1.807) is 6.07 Å². The lowest BCUT2D eigenvalue weighted by atomic mass is 10.2. The van der Waals surface area contributed by atoms with E-state index in [0.29, 0.717) is 11.3 Å². The van der Waals surface area contributed by atoms with Gasteiger partial charge in [-0.3, -0.25) is 9.69 Å². The van der Waals surface area contributed by atoms with E-state index in [4.69, 9.17) is 14.6 Å². The summed E-state index contributed by atoms with van der Waals surface area (Å²) in [6, 6.07) is 7.22. The Labute approximate surface area is 154 Å². The summed E-state index contributed by atoms with van der Waals surface area (Å²) in [7, 11) is 0. The number of nitrogens with zero attached hydrogens (tertiary/aromatic N) is 2. The number of rotatable bonds is 6. The molecule has 2 amide bonds. The van der Waals surface area contributed by atoms with Gasteiger partial charge in [-0.25, -0.2) is 14.2 Å². The van der Waals surface area contributed by atoms with Crippen LogP contribution in [0.25, 0.3) is 0 Å². The maximum absolute atomic E-state index is 14.4. The van der Waals surface area contributed by atoms with E-state index in [-0.39, 0.29) is 37.2 Å². The zero-order valence-electron chi connectivity index (χ0n) is 14.5. The van der Waals surface area contributed by atoms with Crippen molar-refractivity contribution >= 4 is 17.7 Å². The van der Waals surface area contributed by atoms with Crippen LogP contribution in [0.1, 0.15) is 12.5 Å². The van der Waals surface area contributed by atoms with Gasteiger partial charge in [0.25, 0.3) is 0 Å². The number of cyclic esters (lactones) is 1. The molecule has 1 atom stereocenters. The topological polar surface area (TPSA) is 101 Å². The number of aromatic nitrogens is 1. The summed E-state index contributed by atoms with van der Waals surface area (Å²) >= 11 is 0. The maximum atomic E-state index is 14.4. The highest BCUT2D eigenvalue weighted by molar-refractivity contribution is 5.90. The van der Waals surface area contributed by atoms with E-state index in [2.05, 4.69) is 10.3 Å². The van der Waals surface area contributed by atoms with Gasteiger partial charge in [0, 0.05) is 25.3 Å². The quantitative estimate of drug-likeness (QED) is 0.801. The second-order valence-corrected chi connectivity index (χ2v) is 5.93. The third-order valence-corrected chi connectivity index (χ3v) is 3.87. The minimum absolute atomic E-state index is 0.0506. The van der Waals surface area contributed by atoms with Crippen molar-refractivity contribution in [1.29, 1.82) is 0 Å². The molecule has 0 spiro atoms. The van der Waals surface area contributed by atoms with Crippen LogP contribution >= 0.6 is 0 Å². The number of pyridine rings is 1. The van der Waals surface area contributed by atoms with E-state index < -0.39 is 18.0 Å². The first-order chi connectivity index (χ1) is 13.0. The van der Waals surface area contributed by atoms with E-state index >= 15 is 0 Å². The molecule has 1 aromatic heterocycles. The van der Waals surface area contributed by atoms with Crippen LogP contribution in [0.2, 0.25) is 0 Å². The summed E-state index contributed by atoms with van der Waals surface area (Å²) in [4.78, 5) is 28.2. The van der Waals surface area contributed by atoms with Gasteiger partial charge in [0.15, 0.2) is 11.6 Å². The molecule has 1 aromatic carbocycles. The van der Waals surface area contributed by atoms with Crippen LogP contribution in [0.4, 0.5) is 14.9 Å².